The fourth-order valence-corrected chi connectivity index (χ4v) is 2.98. The van der Waals surface area contributed by atoms with Crippen LogP contribution in [-0.2, 0) is 4.79 Å². The second-order valence-corrected chi connectivity index (χ2v) is 6.93. The highest BCUT2D eigenvalue weighted by Crippen LogP contribution is 2.37. The number of alkyl halides is 3. The van der Waals surface area contributed by atoms with Gasteiger partial charge in [-0.3, -0.25) is 4.79 Å². The van der Waals surface area contributed by atoms with E-state index in [1.54, 1.807) is 0 Å². The topological polar surface area (TPSA) is 20.3 Å². The van der Waals surface area contributed by atoms with Crippen LogP contribution >= 0.6 is 34.8 Å². The molecule has 1 fully saturated rings. The molecule has 5 heteroatoms. The number of carbonyl (C=O) groups excluding carboxylic acids is 1. The monoisotopic (exact) mass is 295 g/mol. The van der Waals surface area contributed by atoms with E-state index in [0.717, 1.165) is 50.0 Å². The van der Waals surface area contributed by atoms with Crippen LogP contribution in [0.4, 0.5) is 0 Å². The van der Waals surface area contributed by atoms with Gasteiger partial charge in [0.05, 0.1) is 0 Å². The van der Waals surface area contributed by atoms with Crippen LogP contribution in [0, 0.1) is 0 Å². The Morgan fingerprint density at radius 3 is 2.18 bits per heavy atom. The molecule has 0 amide bonds. The van der Waals surface area contributed by atoms with Crippen LogP contribution in [0.1, 0.15) is 38.5 Å². The number of halogens is 3. The predicted molar refractivity (Wildman–Crippen MR) is 71.6 cm³/mol. The number of rotatable bonds is 2. The molecule has 2 nitrogen and oxygen atoms in total. The number of allylic oxidation sites excluding steroid dienone is 2. The molecule has 0 unspecified atom stereocenters. The first-order chi connectivity index (χ1) is 8.00. The Bertz CT molecular complexity index is 340. The third-order valence-corrected chi connectivity index (χ3v) is 3.97. The van der Waals surface area contributed by atoms with E-state index in [9.17, 15) is 4.79 Å². The average Bonchev–Trinajstić information content (AvgIpc) is 2.80. The minimum atomic E-state index is -1.81. The van der Waals surface area contributed by atoms with Gasteiger partial charge in [-0.2, -0.15) is 0 Å². The smallest absolute Gasteiger partial charge is 0.253 e. The first kappa shape index (κ1) is 13.5. The van der Waals surface area contributed by atoms with Gasteiger partial charge in [-0.05, 0) is 38.5 Å². The van der Waals surface area contributed by atoms with Gasteiger partial charge in [0.2, 0.25) is 5.78 Å². The summed E-state index contributed by atoms with van der Waals surface area (Å²) in [7, 11) is 0. The number of hydrogen-bond donors (Lipinski definition) is 0. The van der Waals surface area contributed by atoms with E-state index in [4.69, 9.17) is 34.8 Å². The van der Waals surface area contributed by atoms with Gasteiger partial charge in [-0.25, -0.2) is 0 Å². The molecule has 0 aromatic carbocycles. The molecule has 1 heterocycles. The Kier molecular flexibility index (Phi) is 4.27. The minimum Gasteiger partial charge on any atom is -0.374 e. The number of carbonyl (C=O) groups is 1. The molecule has 0 atom stereocenters. The van der Waals surface area contributed by atoms with Crippen LogP contribution in [0.2, 0.25) is 0 Å². The van der Waals surface area contributed by atoms with Gasteiger partial charge in [-0.1, -0.05) is 34.8 Å². The number of likely N-dealkylation sites (tertiary alicyclic amines) is 1. The summed E-state index contributed by atoms with van der Waals surface area (Å²) in [6.45, 7) is 2.07. The molecule has 0 aromatic heterocycles. The Hall–Kier alpha value is 0.0800. The van der Waals surface area contributed by atoms with Crippen LogP contribution in [0.5, 0.6) is 0 Å². The molecule has 0 N–H and O–H groups in total. The lowest BCUT2D eigenvalue weighted by molar-refractivity contribution is -0.115. The third kappa shape index (κ3) is 3.10. The molecule has 1 aliphatic heterocycles. The minimum absolute atomic E-state index is 0.330. The van der Waals surface area contributed by atoms with Gasteiger partial charge in [0, 0.05) is 24.4 Å². The van der Waals surface area contributed by atoms with Crippen molar-refractivity contribution >= 4 is 40.6 Å². The molecular weight excluding hydrogens is 280 g/mol. The van der Waals surface area contributed by atoms with Crippen molar-refractivity contribution in [3.8, 4) is 0 Å². The molecule has 0 saturated carbocycles. The molecule has 0 spiro atoms. The number of hydrogen-bond acceptors (Lipinski definition) is 2. The van der Waals surface area contributed by atoms with E-state index in [-0.39, 0.29) is 5.78 Å². The summed E-state index contributed by atoms with van der Waals surface area (Å²) in [4.78, 5) is 14.4. The highest BCUT2D eigenvalue weighted by molar-refractivity contribution is 6.77. The van der Waals surface area contributed by atoms with Crippen molar-refractivity contribution in [2.75, 3.05) is 13.1 Å². The summed E-state index contributed by atoms with van der Waals surface area (Å²) in [5.74, 6) is -0.330. The number of ketones is 1. The highest BCUT2D eigenvalue weighted by Gasteiger charge is 2.36. The normalized spacial score (nSPS) is 22.2. The average molecular weight is 297 g/mol. The predicted octanol–water partition coefficient (Wildman–Crippen LogP) is 3.85. The van der Waals surface area contributed by atoms with Gasteiger partial charge in [0.25, 0.3) is 3.79 Å². The van der Waals surface area contributed by atoms with Crippen LogP contribution in [-0.4, -0.2) is 27.6 Å². The van der Waals surface area contributed by atoms with E-state index in [2.05, 4.69) is 4.90 Å². The molecule has 1 aliphatic carbocycles. The Balaban J connectivity index is 2.27. The maximum absolute atomic E-state index is 12.1. The quantitative estimate of drug-likeness (QED) is 0.721. The summed E-state index contributed by atoms with van der Waals surface area (Å²) in [6, 6.07) is 0. The van der Waals surface area contributed by atoms with Crippen molar-refractivity contribution in [2.45, 2.75) is 42.3 Å². The van der Waals surface area contributed by atoms with Crippen molar-refractivity contribution in [2.24, 2.45) is 0 Å². The maximum Gasteiger partial charge on any atom is 0.253 e. The Morgan fingerprint density at radius 1 is 1.00 bits per heavy atom. The lowest BCUT2D eigenvalue weighted by atomic mass is 9.93. The maximum atomic E-state index is 12.1. The van der Waals surface area contributed by atoms with Gasteiger partial charge in [-0.15, -0.1) is 0 Å². The van der Waals surface area contributed by atoms with Crippen molar-refractivity contribution < 1.29 is 4.79 Å². The van der Waals surface area contributed by atoms with Gasteiger partial charge < -0.3 is 4.90 Å². The van der Waals surface area contributed by atoms with Crippen molar-refractivity contribution in [1.82, 2.24) is 4.90 Å². The van der Waals surface area contributed by atoms with Crippen LogP contribution in [0.15, 0.2) is 11.3 Å². The van der Waals surface area contributed by atoms with E-state index < -0.39 is 3.79 Å². The third-order valence-electron chi connectivity index (χ3n) is 3.46. The van der Waals surface area contributed by atoms with Gasteiger partial charge >= 0.3 is 0 Å². The highest BCUT2D eigenvalue weighted by atomic mass is 35.6. The Labute approximate surface area is 117 Å². The van der Waals surface area contributed by atoms with Crippen LogP contribution in [0.25, 0.3) is 0 Å². The van der Waals surface area contributed by atoms with Crippen LogP contribution < -0.4 is 0 Å². The zero-order chi connectivity index (χ0) is 12.5. The molecular formula is C12H16Cl3NO. The van der Waals surface area contributed by atoms with Gasteiger partial charge in [0.1, 0.15) is 0 Å². The summed E-state index contributed by atoms with van der Waals surface area (Å²) in [5, 5.41) is 0. The van der Waals surface area contributed by atoms with E-state index >= 15 is 0 Å². The van der Waals surface area contributed by atoms with Crippen molar-refractivity contribution in [3.63, 3.8) is 0 Å². The molecule has 96 valence electrons. The van der Waals surface area contributed by atoms with Crippen LogP contribution in [0.3, 0.4) is 0 Å². The lowest BCUT2D eigenvalue weighted by Gasteiger charge is -2.29. The summed E-state index contributed by atoms with van der Waals surface area (Å²) in [6.07, 6.45) is 6.22. The zero-order valence-electron chi connectivity index (χ0n) is 9.65. The van der Waals surface area contributed by atoms with Gasteiger partial charge in [0.15, 0.2) is 0 Å². The molecule has 2 aliphatic rings. The second kappa shape index (κ2) is 5.38. The van der Waals surface area contributed by atoms with Crippen molar-refractivity contribution in [1.29, 1.82) is 0 Å². The molecule has 1 saturated heterocycles. The standard InChI is InChI=1S/C12H16Cl3NO/c13-12(14,15)11(17)9-5-1-2-6-10(9)16-7-3-4-8-16/h1-8H2. The van der Waals surface area contributed by atoms with Crippen molar-refractivity contribution in [3.05, 3.63) is 11.3 Å². The molecule has 2 rings (SSSR count). The molecule has 17 heavy (non-hydrogen) atoms. The largest absolute Gasteiger partial charge is 0.374 e. The fraction of sp³-hybridized carbons (Fsp3) is 0.750. The zero-order valence-corrected chi connectivity index (χ0v) is 11.9. The summed E-state index contributed by atoms with van der Waals surface area (Å²) >= 11 is 17.2. The first-order valence-corrected chi connectivity index (χ1v) is 7.22. The van der Waals surface area contributed by atoms with E-state index in [1.165, 1.54) is 12.8 Å². The summed E-state index contributed by atoms with van der Waals surface area (Å²) < 4.78 is -1.81. The number of Topliss-reactive ketones (excluding diaryl/α,β-unsaturated/α-hetero) is 1. The first-order valence-electron chi connectivity index (χ1n) is 6.08. The molecule has 0 aromatic rings. The van der Waals surface area contributed by atoms with E-state index in [0.29, 0.717) is 0 Å². The summed E-state index contributed by atoms with van der Waals surface area (Å²) in [5.41, 5.74) is 1.88. The fourth-order valence-electron chi connectivity index (χ4n) is 2.64. The lowest BCUT2D eigenvalue weighted by Crippen LogP contribution is -2.29. The second-order valence-electron chi connectivity index (χ2n) is 4.65. The van der Waals surface area contributed by atoms with E-state index in [1.807, 2.05) is 0 Å². The molecule has 0 bridgehead atoms. The SMILES string of the molecule is O=C(C1=C(N2CCCC2)CCCC1)C(Cl)(Cl)Cl. The Morgan fingerprint density at radius 2 is 1.59 bits per heavy atom. The molecule has 0 radical (unpaired) electrons. The number of nitrogens with zero attached hydrogens (tertiary/aromatic N) is 1.